The molecule has 2 aromatic carbocycles. The molecule has 4 rings (SSSR count). The second kappa shape index (κ2) is 8.07. The smallest absolute Gasteiger partial charge is 0.306 e. The Morgan fingerprint density at radius 3 is 2.33 bits per heavy atom. The highest BCUT2D eigenvalue weighted by Gasteiger charge is 2.30. The van der Waals surface area contributed by atoms with Crippen LogP contribution in [0.25, 0.3) is 11.4 Å². The highest BCUT2D eigenvalue weighted by molar-refractivity contribution is 5.36. The van der Waals surface area contributed by atoms with Gasteiger partial charge in [-0.3, -0.25) is 0 Å². The number of benzene rings is 2. The lowest BCUT2D eigenvalue weighted by molar-refractivity contribution is -0.137. The summed E-state index contributed by atoms with van der Waals surface area (Å²) in [5.74, 6) is 0.497. The first-order valence-electron chi connectivity index (χ1n) is 9.18. The molecule has 1 N–H and O–H groups in total. The van der Waals surface area contributed by atoms with Crippen LogP contribution in [0.3, 0.4) is 0 Å². The number of hydrogen-bond donors (Lipinski definition) is 1. The van der Waals surface area contributed by atoms with Crippen molar-refractivity contribution < 1.29 is 13.2 Å². The largest absolute Gasteiger partial charge is 0.416 e. The lowest BCUT2D eigenvalue weighted by Crippen LogP contribution is -2.20. The van der Waals surface area contributed by atoms with Crippen molar-refractivity contribution in [2.24, 2.45) is 0 Å². The van der Waals surface area contributed by atoms with Crippen LogP contribution >= 0.6 is 0 Å². The van der Waals surface area contributed by atoms with E-state index in [1.165, 1.54) is 16.8 Å². The minimum absolute atomic E-state index is 0.0135. The van der Waals surface area contributed by atoms with E-state index in [9.17, 15) is 13.2 Å². The maximum Gasteiger partial charge on any atom is 0.416 e. The van der Waals surface area contributed by atoms with Crippen molar-refractivity contribution in [3.63, 3.8) is 0 Å². The molecule has 0 aliphatic carbocycles. The topological polar surface area (TPSA) is 73.5 Å². The summed E-state index contributed by atoms with van der Waals surface area (Å²) in [5.41, 5.74) is 1.83. The third-order valence-electron chi connectivity index (χ3n) is 4.74. The lowest BCUT2D eigenvalue weighted by Gasteiger charge is -2.15. The van der Waals surface area contributed by atoms with Gasteiger partial charge in [-0.15, -0.1) is 5.10 Å². The third-order valence-corrected chi connectivity index (χ3v) is 4.74. The molecule has 0 spiro atoms. The number of aromatic nitrogens is 6. The maximum atomic E-state index is 12.8. The fraction of sp³-hybridized carbons (Fsp3) is 0.200. The Labute approximate surface area is 170 Å². The molecule has 1 unspecified atom stereocenters. The number of nitrogens with one attached hydrogen (secondary N) is 1. The van der Waals surface area contributed by atoms with Gasteiger partial charge in [0.15, 0.2) is 5.82 Å². The summed E-state index contributed by atoms with van der Waals surface area (Å²) in [6, 6.07) is 12.8. The molecule has 1 atom stereocenters. The monoisotopic (exact) mass is 413 g/mol. The molecule has 0 fully saturated rings. The second-order valence-corrected chi connectivity index (χ2v) is 6.72. The first-order valence-corrected chi connectivity index (χ1v) is 9.18. The molecule has 0 amide bonds. The minimum Gasteiger partial charge on any atom is -0.306 e. The Morgan fingerprint density at radius 1 is 1.00 bits per heavy atom. The van der Waals surface area contributed by atoms with Gasteiger partial charge in [0.05, 0.1) is 24.1 Å². The average Bonchev–Trinajstić information content (AvgIpc) is 3.44. The number of rotatable bonds is 6. The predicted molar refractivity (Wildman–Crippen MR) is 103 cm³/mol. The lowest BCUT2D eigenvalue weighted by atomic mass is 10.1. The van der Waals surface area contributed by atoms with Crippen molar-refractivity contribution in [1.29, 1.82) is 0 Å². The van der Waals surface area contributed by atoms with Crippen molar-refractivity contribution >= 4 is 0 Å². The first-order chi connectivity index (χ1) is 14.4. The van der Waals surface area contributed by atoms with Crippen LogP contribution in [0, 0.1) is 0 Å². The van der Waals surface area contributed by atoms with E-state index in [-0.39, 0.29) is 6.04 Å². The Kier molecular flexibility index (Phi) is 5.32. The summed E-state index contributed by atoms with van der Waals surface area (Å²) < 4.78 is 41.6. The van der Waals surface area contributed by atoms with Crippen molar-refractivity contribution in [3.05, 3.63) is 84.2 Å². The van der Waals surface area contributed by atoms with Crippen LogP contribution in [0.2, 0.25) is 0 Å². The molecule has 154 valence electrons. The van der Waals surface area contributed by atoms with Gasteiger partial charge in [0.25, 0.3) is 0 Å². The fourth-order valence-electron chi connectivity index (χ4n) is 3.02. The zero-order chi connectivity index (χ0) is 21.1. The van der Waals surface area contributed by atoms with Crippen LogP contribution in [-0.4, -0.2) is 29.8 Å². The Bertz CT molecular complexity index is 1080. The van der Waals surface area contributed by atoms with E-state index in [4.69, 9.17) is 0 Å². The van der Waals surface area contributed by atoms with Crippen molar-refractivity contribution in [1.82, 2.24) is 35.1 Å². The molecule has 0 aliphatic heterocycles. The van der Waals surface area contributed by atoms with Gasteiger partial charge in [-0.25, -0.2) is 4.98 Å². The third kappa shape index (κ3) is 4.23. The van der Waals surface area contributed by atoms with Crippen LogP contribution in [-0.2, 0) is 12.7 Å². The highest BCUT2D eigenvalue weighted by atomic mass is 19.4. The fourth-order valence-corrected chi connectivity index (χ4v) is 3.02. The molecule has 4 aromatic rings. The summed E-state index contributed by atoms with van der Waals surface area (Å²) in [6.45, 7) is 2.36. The molecular weight excluding hydrogens is 395 g/mol. The standard InChI is InChI=1S/C20H18F3N7/c1-14(15-2-6-17(7-3-15)29-11-10-24-13-29)25-12-19-26-27-28-30(19)18-8-4-16(5-9-18)20(21,22)23/h2-11,13-14,25H,12H2,1H3. The van der Waals surface area contributed by atoms with Gasteiger partial charge in [-0.2, -0.15) is 17.9 Å². The summed E-state index contributed by atoms with van der Waals surface area (Å²) in [5, 5.41) is 14.9. The van der Waals surface area contributed by atoms with Crippen LogP contribution in [0.15, 0.2) is 67.3 Å². The maximum absolute atomic E-state index is 12.8. The molecule has 2 aromatic heterocycles. The molecule has 7 nitrogen and oxygen atoms in total. The number of imidazole rings is 1. The molecule has 0 saturated heterocycles. The average molecular weight is 413 g/mol. The van der Waals surface area contributed by atoms with E-state index >= 15 is 0 Å². The molecule has 0 bridgehead atoms. The van der Waals surface area contributed by atoms with E-state index < -0.39 is 11.7 Å². The van der Waals surface area contributed by atoms with Gasteiger partial charge in [0.2, 0.25) is 0 Å². The molecule has 10 heteroatoms. The van der Waals surface area contributed by atoms with Crippen LogP contribution in [0.1, 0.15) is 29.9 Å². The zero-order valence-electron chi connectivity index (χ0n) is 16.0. The second-order valence-electron chi connectivity index (χ2n) is 6.72. The molecule has 30 heavy (non-hydrogen) atoms. The van der Waals surface area contributed by atoms with E-state index in [0.717, 1.165) is 23.4 Å². The van der Waals surface area contributed by atoms with Crippen LogP contribution < -0.4 is 5.32 Å². The van der Waals surface area contributed by atoms with E-state index in [1.807, 2.05) is 42.0 Å². The summed E-state index contributed by atoms with van der Waals surface area (Å²) in [6.07, 6.45) is 0.945. The van der Waals surface area contributed by atoms with Crippen LogP contribution in [0.5, 0.6) is 0 Å². The van der Waals surface area contributed by atoms with Crippen molar-refractivity contribution in [3.8, 4) is 11.4 Å². The highest BCUT2D eigenvalue weighted by Crippen LogP contribution is 2.29. The van der Waals surface area contributed by atoms with Gasteiger partial charge in [0.1, 0.15) is 0 Å². The molecule has 0 radical (unpaired) electrons. The normalized spacial score (nSPS) is 12.8. The quantitative estimate of drug-likeness (QED) is 0.522. The van der Waals surface area contributed by atoms with Crippen molar-refractivity contribution in [2.75, 3.05) is 0 Å². The summed E-state index contributed by atoms with van der Waals surface area (Å²) >= 11 is 0. The molecule has 0 aliphatic rings. The van der Waals surface area contributed by atoms with Gasteiger partial charge in [-0.05, 0) is 59.3 Å². The predicted octanol–water partition coefficient (Wildman–Crippen LogP) is 3.72. The SMILES string of the molecule is CC(NCc1nnnn1-c1ccc(C(F)(F)F)cc1)c1ccc(-n2ccnc2)cc1. The van der Waals surface area contributed by atoms with Gasteiger partial charge in [0, 0.05) is 24.1 Å². The Balaban J connectivity index is 1.43. The Morgan fingerprint density at radius 2 is 1.70 bits per heavy atom. The van der Waals surface area contributed by atoms with Crippen molar-refractivity contribution in [2.45, 2.75) is 25.7 Å². The zero-order valence-corrected chi connectivity index (χ0v) is 16.0. The number of tetrazole rings is 1. The summed E-state index contributed by atoms with van der Waals surface area (Å²) in [7, 11) is 0. The van der Waals surface area contributed by atoms with Gasteiger partial charge in [-0.1, -0.05) is 12.1 Å². The van der Waals surface area contributed by atoms with Crippen LogP contribution in [0.4, 0.5) is 13.2 Å². The van der Waals surface area contributed by atoms with E-state index in [0.29, 0.717) is 18.1 Å². The Hall–Kier alpha value is -3.53. The summed E-state index contributed by atoms with van der Waals surface area (Å²) in [4.78, 5) is 4.04. The minimum atomic E-state index is -4.38. The molecule has 0 saturated carbocycles. The number of halogens is 3. The molecular formula is C20H18F3N7. The van der Waals surface area contributed by atoms with Gasteiger partial charge < -0.3 is 9.88 Å². The number of nitrogens with zero attached hydrogens (tertiary/aromatic N) is 6. The first kappa shape index (κ1) is 19.8. The van der Waals surface area contributed by atoms with E-state index in [1.54, 1.807) is 12.5 Å². The molecule has 2 heterocycles. The van der Waals surface area contributed by atoms with Gasteiger partial charge >= 0.3 is 6.18 Å². The number of hydrogen-bond acceptors (Lipinski definition) is 5. The number of alkyl halides is 3. The van der Waals surface area contributed by atoms with E-state index in [2.05, 4.69) is 25.8 Å².